The number of carboxylic acids is 1. The second-order valence-electron chi connectivity index (χ2n) is 7.77. The molecule has 2 aliphatic rings. The fourth-order valence-electron chi connectivity index (χ4n) is 4.15. The number of para-hydroxylation sites is 2. The van der Waals surface area contributed by atoms with Crippen LogP contribution in [0, 0.1) is 9.48 Å². The van der Waals surface area contributed by atoms with E-state index in [0.717, 1.165) is 11.1 Å². The Kier molecular flexibility index (Phi) is 7.89. The fraction of sp³-hybridized carbons (Fsp3) is 0.391. The molecule has 2 heterocycles. The van der Waals surface area contributed by atoms with Gasteiger partial charge in [0.05, 0.1) is 12.5 Å². The quantitative estimate of drug-likeness (QED) is 0.370. The van der Waals surface area contributed by atoms with Crippen LogP contribution >= 0.6 is 21.0 Å². The summed E-state index contributed by atoms with van der Waals surface area (Å²) in [7, 11) is 0. The van der Waals surface area contributed by atoms with Crippen LogP contribution in [0.1, 0.15) is 30.1 Å². The lowest BCUT2D eigenvalue weighted by atomic mass is 9.98. The molecule has 0 aromatic heterocycles. The molecule has 0 amide bonds. The third-order valence-electron chi connectivity index (χ3n) is 5.75. The summed E-state index contributed by atoms with van der Waals surface area (Å²) in [6.45, 7) is 0.927. The lowest BCUT2D eigenvalue weighted by Crippen LogP contribution is -2.48. The first-order valence-electron chi connectivity index (χ1n) is 10.6. The highest BCUT2D eigenvalue weighted by Crippen LogP contribution is 2.39. The Labute approximate surface area is 201 Å². The first-order valence-corrected chi connectivity index (χ1v) is 12.8. The predicted molar refractivity (Wildman–Crippen MR) is 126 cm³/mol. The van der Waals surface area contributed by atoms with E-state index in [-0.39, 0.29) is 19.9 Å². The third kappa shape index (κ3) is 5.68. The van der Waals surface area contributed by atoms with Crippen molar-refractivity contribution in [2.24, 2.45) is 5.92 Å². The highest BCUT2D eigenvalue weighted by molar-refractivity contribution is 14.2. The highest BCUT2D eigenvalue weighted by Gasteiger charge is 2.33. The molecule has 33 heavy (non-hydrogen) atoms. The molecule has 10 heteroatoms. The largest absolute Gasteiger partial charge is 0.481 e. The fourth-order valence-corrected chi connectivity index (χ4v) is 4.57. The Morgan fingerprint density at radius 1 is 1.12 bits per heavy atom. The molecule has 9 nitrogen and oxygen atoms in total. The Balaban J connectivity index is 1.61. The van der Waals surface area contributed by atoms with Gasteiger partial charge in [0.1, 0.15) is 38.6 Å². The number of hydrogen-bond donors (Lipinski definition) is 2. The molecule has 0 radical (unpaired) electrons. The molecular formula is C23H25IN2O7. The summed E-state index contributed by atoms with van der Waals surface area (Å²) < 4.78 is 30.3. The number of nitrogens with one attached hydrogen (secondary N) is 1. The molecule has 176 valence electrons. The number of benzene rings is 2. The lowest BCUT2D eigenvalue weighted by molar-refractivity contribution is -0.146. The maximum atomic E-state index is 12.0. The van der Waals surface area contributed by atoms with Crippen molar-refractivity contribution in [2.45, 2.75) is 25.2 Å². The van der Waals surface area contributed by atoms with Gasteiger partial charge in [-0.1, -0.05) is 36.4 Å². The van der Waals surface area contributed by atoms with Crippen LogP contribution in [0.15, 0.2) is 48.5 Å². The zero-order chi connectivity index (χ0) is 23.2. The zero-order valence-electron chi connectivity index (χ0n) is 17.8. The van der Waals surface area contributed by atoms with Crippen LogP contribution in [0.5, 0.6) is 11.5 Å². The summed E-state index contributed by atoms with van der Waals surface area (Å²) >= 11 is -1.51. The van der Waals surface area contributed by atoms with Gasteiger partial charge in [-0.25, -0.2) is 4.79 Å². The number of carbonyl (C=O) groups excluding carboxylic acids is 1. The molecule has 2 aromatic rings. The minimum absolute atomic E-state index is 0.00908. The standard InChI is InChI=1S/C23H25IN2O7/c25-24-23(29)33-20(26-11-5-6-15(12-26)22(27)28)13-30-21-16-7-1-3-9-18(16)31-14-32-19-10-4-2-8-17(19)21/h1-4,7-10,15,20-21,25H,5-6,11-14H2,(H,27,28). The highest BCUT2D eigenvalue weighted by atomic mass is 127. The van der Waals surface area contributed by atoms with Gasteiger partial charge < -0.3 is 24.1 Å². The van der Waals surface area contributed by atoms with E-state index in [1.807, 2.05) is 53.4 Å². The average Bonchev–Trinajstić information content (AvgIpc) is 2.83. The van der Waals surface area contributed by atoms with Gasteiger partial charge in [0, 0.05) is 24.2 Å². The smallest absolute Gasteiger partial charge is 0.381 e. The molecule has 0 spiro atoms. The summed E-state index contributed by atoms with van der Waals surface area (Å²) in [5.41, 5.74) is 1.63. The number of rotatable bonds is 7. The molecule has 4 rings (SSSR count). The van der Waals surface area contributed by atoms with Crippen LogP contribution in [0.2, 0.25) is 0 Å². The van der Waals surface area contributed by atoms with E-state index in [1.165, 1.54) is 0 Å². The topological polar surface area (TPSA) is 118 Å². The average molecular weight is 568 g/mol. The molecule has 2 unspecified atom stereocenters. The molecule has 1 saturated heterocycles. The van der Waals surface area contributed by atoms with Crippen LogP contribution in [0.25, 0.3) is 0 Å². The number of halogens is 1. The summed E-state index contributed by atoms with van der Waals surface area (Å²) in [5, 5.41) is 9.46. The van der Waals surface area contributed by atoms with Crippen LogP contribution in [0.4, 0.5) is 4.79 Å². The van der Waals surface area contributed by atoms with Crippen molar-refractivity contribution in [3.05, 3.63) is 59.7 Å². The van der Waals surface area contributed by atoms with Gasteiger partial charge in [0.2, 0.25) is 6.79 Å². The number of nitrogens with zero attached hydrogens (tertiary/aromatic N) is 1. The minimum atomic E-state index is -1.51. The maximum Gasteiger partial charge on any atom is 0.381 e. The Hall–Kier alpha value is -2.57. The van der Waals surface area contributed by atoms with Crippen LogP contribution in [-0.4, -0.2) is 52.7 Å². The molecule has 2 N–H and O–H groups in total. The monoisotopic (exact) mass is 568 g/mol. The molecule has 0 aliphatic carbocycles. The van der Waals surface area contributed by atoms with E-state index < -0.39 is 49.2 Å². The van der Waals surface area contributed by atoms with E-state index in [9.17, 15) is 14.7 Å². The van der Waals surface area contributed by atoms with Gasteiger partial charge in [0.25, 0.3) is 0 Å². The summed E-state index contributed by atoms with van der Waals surface area (Å²) in [4.78, 5) is 25.4. The molecule has 2 aromatic carbocycles. The van der Waals surface area contributed by atoms with Crippen molar-refractivity contribution in [2.75, 3.05) is 26.5 Å². The number of piperidine rings is 1. The predicted octanol–water partition coefficient (Wildman–Crippen LogP) is 4.51. The summed E-state index contributed by atoms with van der Waals surface area (Å²) in [6, 6.07) is 15.0. The van der Waals surface area contributed by atoms with Crippen molar-refractivity contribution in [3.8, 4) is 11.5 Å². The molecular weight excluding hydrogens is 543 g/mol. The van der Waals surface area contributed by atoms with Crippen LogP contribution in [0.3, 0.4) is 0 Å². The van der Waals surface area contributed by atoms with Gasteiger partial charge in [0.15, 0.2) is 6.23 Å². The van der Waals surface area contributed by atoms with Gasteiger partial charge in [-0.05, 0) is 25.0 Å². The zero-order valence-corrected chi connectivity index (χ0v) is 20.0. The van der Waals surface area contributed by atoms with E-state index in [1.54, 1.807) is 0 Å². The second-order valence-corrected chi connectivity index (χ2v) is 9.19. The lowest BCUT2D eigenvalue weighted by Gasteiger charge is -2.36. The van der Waals surface area contributed by atoms with E-state index >= 15 is 0 Å². The van der Waals surface area contributed by atoms with Crippen LogP contribution in [-0.2, 0) is 14.3 Å². The molecule has 2 aliphatic heterocycles. The van der Waals surface area contributed by atoms with Gasteiger partial charge >= 0.3 is 9.95 Å². The number of carboxylic acid groups (broad SMARTS) is 1. The van der Waals surface area contributed by atoms with Gasteiger partial charge in [-0.3, -0.25) is 13.3 Å². The number of ether oxygens (including phenoxy) is 4. The molecule has 2 atom stereocenters. The third-order valence-corrected chi connectivity index (χ3v) is 6.45. The van der Waals surface area contributed by atoms with Gasteiger partial charge in [-0.15, -0.1) is 0 Å². The minimum Gasteiger partial charge on any atom is -0.481 e. The maximum absolute atomic E-state index is 12.0. The van der Waals surface area contributed by atoms with Crippen molar-refractivity contribution in [3.63, 3.8) is 0 Å². The van der Waals surface area contributed by atoms with Crippen molar-refractivity contribution < 1.29 is 33.6 Å². The van der Waals surface area contributed by atoms with Gasteiger partial charge in [-0.2, -0.15) is 0 Å². The van der Waals surface area contributed by atoms with E-state index in [4.69, 9.17) is 22.5 Å². The van der Waals surface area contributed by atoms with Crippen molar-refractivity contribution in [1.29, 1.82) is 3.56 Å². The van der Waals surface area contributed by atoms with Crippen molar-refractivity contribution in [1.82, 2.24) is 4.90 Å². The number of fused-ring (bicyclic) bond motifs is 2. The van der Waals surface area contributed by atoms with Crippen molar-refractivity contribution >= 4 is 31.0 Å². The molecule has 0 saturated carbocycles. The van der Waals surface area contributed by atoms with E-state index in [0.29, 0.717) is 30.9 Å². The molecule has 1 fully saturated rings. The summed E-state index contributed by atoms with van der Waals surface area (Å²) in [6.07, 6.45) is -0.0740. The second kappa shape index (κ2) is 11.0. The SMILES string of the molecule is N=IC(=O)OC(COC1c2ccccc2OCOc2ccccc21)N1CCCC(C(=O)O)C1. The Bertz CT molecular complexity index is 970. The first kappa shape index (κ1) is 23.6. The molecule has 0 bridgehead atoms. The summed E-state index contributed by atoms with van der Waals surface area (Å²) in [5.74, 6) is -0.135. The first-order chi connectivity index (χ1) is 16.1. The Morgan fingerprint density at radius 3 is 2.36 bits per heavy atom. The Morgan fingerprint density at radius 2 is 1.76 bits per heavy atom. The number of likely N-dealkylation sites (tertiary alicyclic amines) is 1. The van der Waals surface area contributed by atoms with Crippen LogP contribution < -0.4 is 9.47 Å². The normalized spacial score (nSPS) is 19.6. The van der Waals surface area contributed by atoms with E-state index in [2.05, 4.69) is 0 Å². The number of aliphatic carboxylic acids is 1. The number of carbonyl (C=O) groups is 2. The number of hydrogen-bond acceptors (Lipinski definition) is 8.